The van der Waals surface area contributed by atoms with Gasteiger partial charge in [0.25, 0.3) is 0 Å². The molecule has 7 nitrogen and oxygen atoms in total. The van der Waals surface area contributed by atoms with Crippen molar-refractivity contribution in [1.29, 1.82) is 0 Å². The summed E-state index contributed by atoms with van der Waals surface area (Å²) in [5, 5.41) is 2.44. The molecule has 2 aliphatic heterocycles. The number of hydrogen-bond acceptors (Lipinski definition) is 7. The number of rotatable bonds is 7. The summed E-state index contributed by atoms with van der Waals surface area (Å²) >= 11 is 0. The van der Waals surface area contributed by atoms with E-state index in [1.807, 2.05) is 60.7 Å². The van der Waals surface area contributed by atoms with Crippen molar-refractivity contribution in [2.75, 3.05) is 13.7 Å². The van der Waals surface area contributed by atoms with Gasteiger partial charge in [0.1, 0.15) is 17.5 Å². The van der Waals surface area contributed by atoms with Gasteiger partial charge in [0.05, 0.1) is 17.5 Å². The molecule has 1 N–H and O–H groups in total. The van der Waals surface area contributed by atoms with E-state index < -0.39 is 45.9 Å². The van der Waals surface area contributed by atoms with E-state index in [4.69, 9.17) is 18.9 Å². The van der Waals surface area contributed by atoms with Crippen LogP contribution in [0.4, 0.5) is 0 Å². The van der Waals surface area contributed by atoms with Gasteiger partial charge in [0.2, 0.25) is 0 Å². The normalized spacial score (nSPS) is 28.8. The second-order valence-corrected chi connectivity index (χ2v) is 10.8. The van der Waals surface area contributed by atoms with Gasteiger partial charge in [0, 0.05) is 19.2 Å². The van der Waals surface area contributed by atoms with E-state index in [1.54, 1.807) is 30.3 Å². The van der Waals surface area contributed by atoms with Gasteiger partial charge in [-0.2, -0.15) is 0 Å². The molecule has 2 aliphatic rings. The highest BCUT2D eigenvalue weighted by atomic mass is 32.2. The molecule has 8 heteroatoms. The molecule has 2 fully saturated rings. The zero-order valence-corrected chi connectivity index (χ0v) is 20.2. The summed E-state index contributed by atoms with van der Waals surface area (Å²) in [6, 6.07) is 27.1. The van der Waals surface area contributed by atoms with Crippen molar-refractivity contribution >= 4 is 9.84 Å². The van der Waals surface area contributed by atoms with Crippen molar-refractivity contribution in [2.24, 2.45) is 0 Å². The molecule has 5 rings (SSSR count). The summed E-state index contributed by atoms with van der Waals surface area (Å²) in [6.07, 6.45) is -2.86. The molecular weight excluding hydrogens is 466 g/mol. The second kappa shape index (κ2) is 10.6. The van der Waals surface area contributed by atoms with Gasteiger partial charge in [-0.05, 0) is 17.7 Å². The molecule has 184 valence electrons. The maximum Gasteiger partial charge on any atom is 0.185 e. The minimum Gasteiger partial charge on any atom is -0.354 e. The number of fused-ring (bicyclic) bond motifs is 1. The van der Waals surface area contributed by atoms with Gasteiger partial charge >= 0.3 is 0 Å². The van der Waals surface area contributed by atoms with E-state index in [0.717, 1.165) is 11.1 Å². The first-order valence-corrected chi connectivity index (χ1v) is 13.2. The van der Waals surface area contributed by atoms with Gasteiger partial charge in [-0.3, -0.25) is 0 Å². The first kappa shape index (κ1) is 24.1. The quantitative estimate of drug-likeness (QED) is 0.537. The lowest BCUT2D eigenvalue weighted by Gasteiger charge is -2.49. The fourth-order valence-corrected chi connectivity index (χ4v) is 6.79. The molecule has 3 aromatic carbocycles. The van der Waals surface area contributed by atoms with Crippen LogP contribution in [0.5, 0.6) is 0 Å². The molecule has 0 spiro atoms. The summed E-state index contributed by atoms with van der Waals surface area (Å²) in [4.78, 5) is 0.235. The number of ether oxygens (including phenoxy) is 4. The lowest BCUT2D eigenvalue weighted by molar-refractivity contribution is -0.317. The molecule has 0 saturated carbocycles. The van der Waals surface area contributed by atoms with Crippen LogP contribution >= 0.6 is 0 Å². The molecule has 0 amide bonds. The molecule has 0 radical (unpaired) electrons. The van der Waals surface area contributed by atoms with E-state index >= 15 is 0 Å². The Kier molecular flexibility index (Phi) is 7.29. The molecule has 2 heterocycles. The number of methoxy groups -OCH3 is 1. The van der Waals surface area contributed by atoms with Gasteiger partial charge in [0.15, 0.2) is 22.4 Å². The number of hydrogen-bond donors (Lipinski definition) is 1. The van der Waals surface area contributed by atoms with Crippen LogP contribution in [0.2, 0.25) is 0 Å². The third-order valence-corrected chi connectivity index (χ3v) is 8.67. The van der Waals surface area contributed by atoms with E-state index in [-0.39, 0.29) is 11.5 Å². The number of benzene rings is 3. The maximum atomic E-state index is 14.1. The Hall–Kier alpha value is -2.59. The monoisotopic (exact) mass is 495 g/mol. The highest BCUT2D eigenvalue weighted by Gasteiger charge is 2.55. The van der Waals surface area contributed by atoms with Crippen LogP contribution in [0.1, 0.15) is 17.4 Å². The Labute approximate surface area is 205 Å². The van der Waals surface area contributed by atoms with Crippen molar-refractivity contribution in [3.63, 3.8) is 0 Å². The van der Waals surface area contributed by atoms with Crippen molar-refractivity contribution in [1.82, 2.24) is 5.32 Å². The van der Waals surface area contributed by atoms with Crippen LogP contribution < -0.4 is 5.32 Å². The smallest absolute Gasteiger partial charge is 0.185 e. The number of nitrogens with one attached hydrogen (secondary N) is 1. The standard InChI is InChI=1S/C27H29NO6S/c1-31-27-23(28-17-19-11-5-2-6-12-19)25(35(29,30)21-15-9-4-10-16-21)24-22(33-27)18-32-26(34-24)20-13-7-3-8-14-20/h2-16,22-28H,17-18H2,1H3/t22-,23-,24-,25-,26?,27-/m1/s1. The van der Waals surface area contributed by atoms with Crippen molar-refractivity contribution < 1.29 is 27.4 Å². The highest BCUT2D eigenvalue weighted by molar-refractivity contribution is 7.92. The van der Waals surface area contributed by atoms with Crippen molar-refractivity contribution in [2.45, 2.75) is 47.5 Å². The molecule has 35 heavy (non-hydrogen) atoms. The van der Waals surface area contributed by atoms with Crippen LogP contribution in [0.25, 0.3) is 0 Å². The summed E-state index contributed by atoms with van der Waals surface area (Å²) in [7, 11) is -2.32. The van der Waals surface area contributed by atoms with Crippen LogP contribution in [0.3, 0.4) is 0 Å². The minimum absolute atomic E-state index is 0.191. The molecule has 2 saturated heterocycles. The topological polar surface area (TPSA) is 83.1 Å². The SMILES string of the molecule is CO[C@@H]1O[C@@H]2COC(c3ccccc3)O[C@H]2[C@H](S(=O)(=O)c2ccccc2)[C@H]1NCc1ccccc1. The molecule has 0 aromatic heterocycles. The molecule has 0 bridgehead atoms. The van der Waals surface area contributed by atoms with Crippen LogP contribution in [-0.2, 0) is 35.3 Å². The van der Waals surface area contributed by atoms with E-state index in [2.05, 4.69) is 5.32 Å². The average molecular weight is 496 g/mol. The minimum atomic E-state index is -3.84. The molecule has 0 aliphatic carbocycles. The Balaban J connectivity index is 1.52. The first-order valence-electron chi connectivity index (χ1n) is 11.6. The third kappa shape index (κ3) is 5.04. The Morgan fingerprint density at radius 3 is 2.17 bits per heavy atom. The van der Waals surface area contributed by atoms with Crippen molar-refractivity contribution in [3.8, 4) is 0 Å². The summed E-state index contributed by atoms with van der Waals surface area (Å²) in [5.41, 5.74) is 1.85. The fourth-order valence-electron chi connectivity index (χ4n) is 4.74. The summed E-state index contributed by atoms with van der Waals surface area (Å²) in [5.74, 6) is 0. The summed E-state index contributed by atoms with van der Waals surface area (Å²) in [6.45, 7) is 0.641. The first-order chi connectivity index (χ1) is 17.1. The van der Waals surface area contributed by atoms with Gasteiger partial charge < -0.3 is 24.3 Å². The second-order valence-electron chi connectivity index (χ2n) is 8.67. The maximum absolute atomic E-state index is 14.1. The van der Waals surface area contributed by atoms with Gasteiger partial charge in [-0.1, -0.05) is 78.9 Å². The summed E-state index contributed by atoms with van der Waals surface area (Å²) < 4.78 is 52.3. The number of sulfone groups is 1. The zero-order chi connectivity index (χ0) is 24.3. The molecular formula is C27H29NO6S. The Morgan fingerprint density at radius 2 is 1.51 bits per heavy atom. The fraction of sp³-hybridized carbons (Fsp3) is 0.333. The van der Waals surface area contributed by atoms with Crippen molar-refractivity contribution in [3.05, 3.63) is 102 Å². The third-order valence-electron chi connectivity index (χ3n) is 6.46. The lowest BCUT2D eigenvalue weighted by atomic mass is 9.98. The predicted molar refractivity (Wildman–Crippen MR) is 130 cm³/mol. The van der Waals surface area contributed by atoms with E-state index in [9.17, 15) is 8.42 Å². The van der Waals surface area contributed by atoms with Crippen LogP contribution in [0.15, 0.2) is 95.9 Å². The molecule has 6 atom stereocenters. The Bertz CT molecular complexity index is 1190. The molecule has 1 unspecified atom stereocenters. The Morgan fingerprint density at radius 1 is 0.886 bits per heavy atom. The zero-order valence-electron chi connectivity index (χ0n) is 19.4. The lowest BCUT2D eigenvalue weighted by Crippen LogP contribution is -2.67. The van der Waals surface area contributed by atoms with Crippen LogP contribution in [0, 0.1) is 0 Å². The largest absolute Gasteiger partial charge is 0.354 e. The molecule has 3 aromatic rings. The van der Waals surface area contributed by atoms with E-state index in [0.29, 0.717) is 6.54 Å². The van der Waals surface area contributed by atoms with Crippen LogP contribution in [-0.4, -0.2) is 51.9 Å². The highest BCUT2D eigenvalue weighted by Crippen LogP contribution is 2.38. The van der Waals surface area contributed by atoms with Gasteiger partial charge in [-0.25, -0.2) is 8.42 Å². The average Bonchev–Trinajstić information content (AvgIpc) is 2.92. The van der Waals surface area contributed by atoms with Gasteiger partial charge in [-0.15, -0.1) is 0 Å². The van der Waals surface area contributed by atoms with E-state index in [1.165, 1.54) is 7.11 Å². The predicted octanol–water partition coefficient (Wildman–Crippen LogP) is 3.47.